The van der Waals surface area contributed by atoms with E-state index >= 15 is 0 Å². The molecule has 186 valence electrons. The lowest BCUT2D eigenvalue weighted by atomic mass is 9.95. The van der Waals surface area contributed by atoms with Crippen molar-refractivity contribution < 1.29 is 33.4 Å². The second-order valence-corrected chi connectivity index (χ2v) is 9.02. The molecule has 1 aromatic heterocycles. The summed E-state index contributed by atoms with van der Waals surface area (Å²) < 4.78 is 24.6. The molecule has 4 rings (SSSR count). The van der Waals surface area contributed by atoms with Crippen LogP contribution in [0, 0.1) is 19.7 Å². The van der Waals surface area contributed by atoms with Crippen molar-refractivity contribution in [2.45, 2.75) is 26.8 Å². The van der Waals surface area contributed by atoms with Crippen LogP contribution in [0.1, 0.15) is 45.0 Å². The van der Waals surface area contributed by atoms with Crippen LogP contribution < -0.4 is 9.64 Å². The van der Waals surface area contributed by atoms with Crippen LogP contribution in [0.2, 0.25) is 0 Å². The fourth-order valence-corrected chi connectivity index (χ4v) is 5.06. The Balaban J connectivity index is 1.92. The molecule has 1 amide bonds. The number of hydrogen-bond donors (Lipinski definition) is 1. The van der Waals surface area contributed by atoms with E-state index in [1.165, 1.54) is 25.3 Å². The molecule has 0 unspecified atom stereocenters. The Morgan fingerprint density at radius 2 is 1.94 bits per heavy atom. The van der Waals surface area contributed by atoms with Gasteiger partial charge in [0.25, 0.3) is 5.78 Å². The second-order valence-electron chi connectivity index (χ2n) is 8.04. The van der Waals surface area contributed by atoms with Crippen molar-refractivity contribution in [1.29, 1.82) is 0 Å². The number of esters is 1. The number of benzene rings is 2. The van der Waals surface area contributed by atoms with Crippen molar-refractivity contribution in [2.24, 2.45) is 0 Å². The molecule has 0 spiro atoms. The van der Waals surface area contributed by atoms with Gasteiger partial charge in [0.05, 0.1) is 31.0 Å². The van der Waals surface area contributed by atoms with Gasteiger partial charge in [-0.3, -0.25) is 14.5 Å². The number of carbonyl (C=O) groups excluding carboxylic acids is 3. The van der Waals surface area contributed by atoms with E-state index in [0.717, 1.165) is 16.2 Å². The predicted octanol–water partition coefficient (Wildman–Crippen LogP) is 4.71. The number of aliphatic hydroxyl groups is 1. The molecule has 2 heterocycles. The summed E-state index contributed by atoms with van der Waals surface area (Å²) in [5.74, 6) is -2.94. The van der Waals surface area contributed by atoms with E-state index in [2.05, 4.69) is 4.98 Å². The summed E-state index contributed by atoms with van der Waals surface area (Å²) in [5, 5.41) is 11.3. The maximum Gasteiger partial charge on any atom is 0.350 e. The Morgan fingerprint density at radius 1 is 1.19 bits per heavy atom. The molecule has 1 N–H and O–H groups in total. The van der Waals surface area contributed by atoms with E-state index in [4.69, 9.17) is 9.47 Å². The van der Waals surface area contributed by atoms with Crippen molar-refractivity contribution in [3.05, 3.63) is 81.1 Å². The normalized spacial score (nSPS) is 16.9. The number of Topliss-reactive ketones (excluding diaryl/α,β-unsaturated/α-hetero) is 1. The van der Waals surface area contributed by atoms with Gasteiger partial charge in [-0.2, -0.15) is 0 Å². The van der Waals surface area contributed by atoms with Gasteiger partial charge in [0.15, 0.2) is 5.13 Å². The first-order valence-electron chi connectivity index (χ1n) is 11.0. The summed E-state index contributed by atoms with van der Waals surface area (Å²) in [6, 6.07) is 9.04. The summed E-state index contributed by atoms with van der Waals surface area (Å²) in [7, 11) is 1.51. The number of anilines is 1. The van der Waals surface area contributed by atoms with Gasteiger partial charge in [-0.25, -0.2) is 14.2 Å². The number of hydrogen-bond acceptors (Lipinski definition) is 8. The molecule has 1 aliphatic rings. The van der Waals surface area contributed by atoms with Crippen LogP contribution in [0.5, 0.6) is 5.75 Å². The van der Waals surface area contributed by atoms with E-state index in [9.17, 15) is 23.9 Å². The highest BCUT2D eigenvalue weighted by Gasteiger charge is 2.48. The van der Waals surface area contributed by atoms with Crippen LogP contribution in [0.4, 0.5) is 9.52 Å². The average molecular weight is 511 g/mol. The third-order valence-corrected chi connectivity index (χ3v) is 6.87. The molecule has 36 heavy (non-hydrogen) atoms. The number of aromatic nitrogens is 1. The molecule has 1 fully saturated rings. The van der Waals surface area contributed by atoms with Crippen LogP contribution in [-0.2, 0) is 14.3 Å². The molecule has 0 saturated carbocycles. The van der Waals surface area contributed by atoms with Crippen molar-refractivity contribution >= 4 is 39.9 Å². The zero-order valence-corrected chi connectivity index (χ0v) is 20.8. The summed E-state index contributed by atoms with van der Waals surface area (Å²) >= 11 is 0.883. The van der Waals surface area contributed by atoms with Gasteiger partial charge in [0, 0.05) is 5.56 Å². The topological polar surface area (TPSA) is 106 Å². The zero-order chi connectivity index (χ0) is 26.1. The van der Waals surface area contributed by atoms with Crippen molar-refractivity contribution in [3.63, 3.8) is 0 Å². The SMILES string of the molecule is CCOC(=O)c1sc(N2C(=O)C(=O)C(=C(O)c3ccc(OC)c(C)c3)[C@H]2c2cccc(F)c2)nc1C. The first-order valence-corrected chi connectivity index (χ1v) is 11.9. The highest BCUT2D eigenvalue weighted by Crippen LogP contribution is 2.44. The fraction of sp³-hybridized carbons (Fsp3) is 0.231. The number of thiazole rings is 1. The lowest BCUT2D eigenvalue weighted by molar-refractivity contribution is -0.132. The van der Waals surface area contributed by atoms with Gasteiger partial charge < -0.3 is 14.6 Å². The Hall–Kier alpha value is -4.05. The molecule has 2 aromatic carbocycles. The minimum Gasteiger partial charge on any atom is -0.507 e. The van der Waals surface area contributed by atoms with Crippen molar-refractivity contribution in [1.82, 2.24) is 4.98 Å². The van der Waals surface area contributed by atoms with Crippen molar-refractivity contribution in [2.75, 3.05) is 18.6 Å². The quantitative estimate of drug-likeness (QED) is 0.222. The molecule has 10 heteroatoms. The molecular formula is C26H23FN2O6S. The standard InChI is InChI=1S/C26H23FN2O6S/c1-5-35-25(33)23-14(3)28-26(36-23)29-20(15-7-6-8-17(27)12-15)19(22(31)24(29)32)21(30)16-9-10-18(34-4)13(2)11-16/h6-12,20,30H,5H2,1-4H3/t20-/m1/s1. The lowest BCUT2D eigenvalue weighted by Crippen LogP contribution is -2.29. The van der Waals surface area contributed by atoms with Crippen LogP contribution in [-0.4, -0.2) is 41.5 Å². The number of ether oxygens (including phenoxy) is 2. The summed E-state index contributed by atoms with van der Waals surface area (Å²) in [4.78, 5) is 44.5. The minimum absolute atomic E-state index is 0.0527. The zero-order valence-electron chi connectivity index (χ0n) is 20.0. The van der Waals surface area contributed by atoms with Gasteiger partial charge in [-0.15, -0.1) is 0 Å². The van der Waals surface area contributed by atoms with Gasteiger partial charge in [0.2, 0.25) is 0 Å². The third-order valence-electron chi connectivity index (χ3n) is 5.73. The van der Waals surface area contributed by atoms with Gasteiger partial charge in [-0.05, 0) is 62.2 Å². The largest absolute Gasteiger partial charge is 0.507 e. The number of methoxy groups -OCH3 is 1. The molecule has 3 aromatic rings. The Morgan fingerprint density at radius 3 is 2.58 bits per heavy atom. The Bertz CT molecular complexity index is 1410. The van der Waals surface area contributed by atoms with Crippen molar-refractivity contribution in [3.8, 4) is 5.75 Å². The molecule has 0 bridgehead atoms. The molecule has 8 nitrogen and oxygen atoms in total. The minimum atomic E-state index is -1.18. The number of nitrogens with zero attached hydrogens (tertiary/aromatic N) is 2. The highest BCUT2D eigenvalue weighted by molar-refractivity contribution is 7.17. The number of aliphatic hydroxyl groups excluding tert-OH is 1. The highest BCUT2D eigenvalue weighted by atomic mass is 32.1. The molecule has 1 aliphatic heterocycles. The second kappa shape index (κ2) is 9.90. The first kappa shape index (κ1) is 25.1. The first-order chi connectivity index (χ1) is 17.2. The summed E-state index contributed by atoms with van der Waals surface area (Å²) in [5.41, 5.74) is 1.34. The van der Waals surface area contributed by atoms with E-state index in [0.29, 0.717) is 17.0 Å². The number of carbonyl (C=O) groups is 3. The maximum atomic E-state index is 14.2. The van der Waals surface area contributed by atoms with E-state index in [1.54, 1.807) is 45.0 Å². The maximum absolute atomic E-state index is 14.2. The van der Waals surface area contributed by atoms with Crippen LogP contribution in [0.3, 0.4) is 0 Å². The number of halogens is 1. The lowest BCUT2D eigenvalue weighted by Gasteiger charge is -2.23. The van der Waals surface area contributed by atoms with Crippen LogP contribution in [0.25, 0.3) is 5.76 Å². The van der Waals surface area contributed by atoms with Gasteiger partial charge >= 0.3 is 11.9 Å². The number of aryl methyl sites for hydroxylation is 2. The molecule has 0 radical (unpaired) electrons. The monoisotopic (exact) mass is 510 g/mol. The van der Waals surface area contributed by atoms with Gasteiger partial charge in [0.1, 0.15) is 22.2 Å². The fourth-order valence-electron chi connectivity index (χ4n) is 4.07. The number of rotatable bonds is 6. The summed E-state index contributed by atoms with van der Waals surface area (Å²) in [6.07, 6.45) is 0. The van der Waals surface area contributed by atoms with Crippen LogP contribution >= 0.6 is 11.3 Å². The molecule has 0 aliphatic carbocycles. The van der Waals surface area contributed by atoms with E-state index in [-0.39, 0.29) is 33.3 Å². The predicted molar refractivity (Wildman–Crippen MR) is 132 cm³/mol. The van der Waals surface area contributed by atoms with Gasteiger partial charge in [-0.1, -0.05) is 23.5 Å². The third kappa shape index (κ3) is 4.35. The Kier molecular flexibility index (Phi) is 6.89. The number of ketones is 1. The molecular weight excluding hydrogens is 487 g/mol. The number of amides is 1. The average Bonchev–Trinajstić information content (AvgIpc) is 3.35. The van der Waals surface area contributed by atoms with Crippen LogP contribution in [0.15, 0.2) is 48.0 Å². The van der Waals surface area contributed by atoms with E-state index in [1.807, 2.05) is 0 Å². The molecule has 1 atom stereocenters. The molecule has 1 saturated heterocycles. The Labute approximate surface area is 210 Å². The summed E-state index contributed by atoms with van der Waals surface area (Å²) in [6.45, 7) is 5.17. The smallest absolute Gasteiger partial charge is 0.350 e. The van der Waals surface area contributed by atoms with E-state index < -0.39 is 35.3 Å².